The largest absolute Gasteiger partial charge is 0.465 e. The average molecular weight is 447 g/mol. The van der Waals surface area contributed by atoms with E-state index in [1.165, 1.54) is 5.01 Å². The first-order chi connectivity index (χ1) is 16.1. The van der Waals surface area contributed by atoms with E-state index in [0.717, 1.165) is 48.8 Å². The molecule has 2 aromatic rings. The van der Waals surface area contributed by atoms with Crippen LogP contribution in [-0.4, -0.2) is 41.5 Å². The minimum atomic E-state index is -0.685. The SMILES string of the molecule is CCOC(=O)CN1N=C(c2ccccc2)c2ccccc2C(CC(=O)C2CCCCC2)C1=O. The third kappa shape index (κ3) is 5.21. The van der Waals surface area contributed by atoms with Gasteiger partial charge in [-0.25, -0.2) is 5.01 Å². The number of nitrogens with zero attached hydrogens (tertiary/aromatic N) is 2. The Labute approximate surface area is 194 Å². The van der Waals surface area contributed by atoms with E-state index in [-0.39, 0.29) is 37.2 Å². The number of benzene rings is 2. The summed E-state index contributed by atoms with van der Waals surface area (Å²) in [5.41, 5.74) is 3.04. The van der Waals surface area contributed by atoms with E-state index in [4.69, 9.17) is 4.74 Å². The molecule has 172 valence electrons. The number of esters is 1. The fourth-order valence-corrected chi connectivity index (χ4v) is 4.79. The highest BCUT2D eigenvalue weighted by Crippen LogP contribution is 2.34. The van der Waals surface area contributed by atoms with Gasteiger partial charge in [0.05, 0.1) is 18.2 Å². The molecule has 0 radical (unpaired) electrons. The number of fused-ring (bicyclic) bond motifs is 1. The Bertz CT molecular complexity index is 1040. The van der Waals surface area contributed by atoms with Gasteiger partial charge in [-0.1, -0.05) is 73.9 Å². The molecule has 0 spiro atoms. The zero-order valence-corrected chi connectivity index (χ0v) is 19.0. The van der Waals surface area contributed by atoms with E-state index >= 15 is 0 Å². The Kier molecular flexibility index (Phi) is 7.33. The maximum absolute atomic E-state index is 13.7. The van der Waals surface area contributed by atoms with Gasteiger partial charge >= 0.3 is 5.97 Å². The average Bonchev–Trinajstić information content (AvgIpc) is 2.96. The van der Waals surface area contributed by atoms with Crippen molar-refractivity contribution in [3.63, 3.8) is 0 Å². The summed E-state index contributed by atoms with van der Waals surface area (Å²) >= 11 is 0. The second kappa shape index (κ2) is 10.6. The number of ether oxygens (including phenoxy) is 1. The Hall–Kier alpha value is -3.28. The molecule has 0 aromatic heterocycles. The maximum Gasteiger partial charge on any atom is 0.327 e. The predicted octanol–water partition coefficient (Wildman–Crippen LogP) is 4.47. The minimum absolute atomic E-state index is 0.00924. The van der Waals surface area contributed by atoms with Gasteiger partial charge in [0.15, 0.2) is 0 Å². The van der Waals surface area contributed by atoms with Gasteiger partial charge in [-0.2, -0.15) is 5.10 Å². The van der Waals surface area contributed by atoms with Crippen molar-refractivity contribution < 1.29 is 19.1 Å². The lowest BCUT2D eigenvalue weighted by molar-refractivity contribution is -0.149. The van der Waals surface area contributed by atoms with E-state index in [0.29, 0.717) is 5.71 Å². The van der Waals surface area contributed by atoms with Gasteiger partial charge in [0.25, 0.3) is 5.91 Å². The molecule has 33 heavy (non-hydrogen) atoms. The molecule has 0 N–H and O–H groups in total. The lowest BCUT2D eigenvalue weighted by Gasteiger charge is -2.24. The Morgan fingerprint density at radius 1 is 1.00 bits per heavy atom. The van der Waals surface area contributed by atoms with Crippen LogP contribution < -0.4 is 0 Å². The van der Waals surface area contributed by atoms with E-state index in [9.17, 15) is 14.4 Å². The molecule has 4 rings (SSSR count). The molecule has 1 heterocycles. The molecule has 6 nitrogen and oxygen atoms in total. The number of carbonyl (C=O) groups is 3. The first-order valence-corrected chi connectivity index (χ1v) is 11.8. The topological polar surface area (TPSA) is 76.0 Å². The Balaban J connectivity index is 1.75. The summed E-state index contributed by atoms with van der Waals surface area (Å²) in [5.74, 6) is -1.41. The van der Waals surface area contributed by atoms with Crippen molar-refractivity contribution in [3.8, 4) is 0 Å². The van der Waals surface area contributed by atoms with Crippen molar-refractivity contribution >= 4 is 23.4 Å². The molecule has 2 aromatic carbocycles. The summed E-state index contributed by atoms with van der Waals surface area (Å²) in [4.78, 5) is 39.2. The van der Waals surface area contributed by atoms with Crippen molar-refractivity contribution in [2.24, 2.45) is 11.0 Å². The lowest BCUT2D eigenvalue weighted by atomic mass is 9.80. The highest BCUT2D eigenvalue weighted by Gasteiger charge is 2.36. The second-order valence-electron chi connectivity index (χ2n) is 8.66. The van der Waals surface area contributed by atoms with Crippen LogP contribution in [0.3, 0.4) is 0 Å². The van der Waals surface area contributed by atoms with Gasteiger partial charge in [-0.3, -0.25) is 14.4 Å². The zero-order chi connectivity index (χ0) is 23.2. The lowest BCUT2D eigenvalue weighted by Crippen LogP contribution is -2.36. The number of rotatable bonds is 7. The quantitative estimate of drug-likeness (QED) is 0.588. The molecule has 1 unspecified atom stereocenters. The molecule has 1 fully saturated rings. The standard InChI is InChI=1S/C27H30N2O4/c1-2-33-25(31)18-29-27(32)23(17-24(30)19-11-5-3-6-12-19)21-15-9-10-16-22(21)26(28-29)20-13-7-4-8-14-20/h4,7-10,13-16,19,23H,2-3,5-6,11-12,17-18H2,1H3. The number of Topliss-reactive ketones (excluding diaryl/α,β-unsaturated/α-hetero) is 1. The molecular weight excluding hydrogens is 416 g/mol. The molecule has 1 amide bonds. The molecule has 0 saturated heterocycles. The van der Waals surface area contributed by atoms with Crippen molar-refractivity contribution in [2.45, 2.75) is 51.4 Å². The van der Waals surface area contributed by atoms with Crippen LogP contribution in [0.2, 0.25) is 0 Å². The van der Waals surface area contributed by atoms with Crippen LogP contribution >= 0.6 is 0 Å². The number of hydrogen-bond acceptors (Lipinski definition) is 5. The van der Waals surface area contributed by atoms with Crippen molar-refractivity contribution in [2.75, 3.05) is 13.2 Å². The maximum atomic E-state index is 13.7. The highest BCUT2D eigenvalue weighted by atomic mass is 16.5. The molecule has 1 aliphatic heterocycles. The number of amides is 1. The summed E-state index contributed by atoms with van der Waals surface area (Å²) in [5, 5.41) is 5.84. The Morgan fingerprint density at radius 2 is 1.70 bits per heavy atom. The van der Waals surface area contributed by atoms with Crippen LogP contribution in [0.4, 0.5) is 0 Å². The van der Waals surface area contributed by atoms with Gasteiger partial charge in [0.1, 0.15) is 12.3 Å². The number of hydrazone groups is 1. The van der Waals surface area contributed by atoms with Crippen molar-refractivity contribution in [3.05, 3.63) is 71.3 Å². The van der Waals surface area contributed by atoms with Gasteiger partial charge in [-0.15, -0.1) is 0 Å². The summed E-state index contributed by atoms with van der Waals surface area (Å²) in [6.07, 6.45) is 5.18. The monoisotopic (exact) mass is 446 g/mol. The van der Waals surface area contributed by atoms with Crippen LogP contribution in [0.1, 0.15) is 68.1 Å². The molecule has 0 bridgehead atoms. The van der Waals surface area contributed by atoms with E-state index in [2.05, 4.69) is 5.10 Å². The van der Waals surface area contributed by atoms with Crippen LogP contribution in [0.5, 0.6) is 0 Å². The van der Waals surface area contributed by atoms with Gasteiger partial charge in [0.2, 0.25) is 0 Å². The first kappa shape index (κ1) is 22.9. The van der Waals surface area contributed by atoms with Crippen LogP contribution in [0.25, 0.3) is 0 Å². The van der Waals surface area contributed by atoms with Crippen LogP contribution in [0, 0.1) is 5.92 Å². The third-order valence-electron chi connectivity index (χ3n) is 6.46. The molecule has 1 atom stereocenters. The van der Waals surface area contributed by atoms with E-state index < -0.39 is 11.9 Å². The normalized spacial score (nSPS) is 18.8. The van der Waals surface area contributed by atoms with Gasteiger partial charge in [-0.05, 0) is 25.3 Å². The first-order valence-electron chi connectivity index (χ1n) is 11.8. The third-order valence-corrected chi connectivity index (χ3v) is 6.46. The van der Waals surface area contributed by atoms with Crippen LogP contribution in [-0.2, 0) is 19.1 Å². The molecule has 1 saturated carbocycles. The van der Waals surface area contributed by atoms with E-state index in [1.54, 1.807) is 6.92 Å². The molecule has 6 heteroatoms. The minimum Gasteiger partial charge on any atom is -0.465 e. The molecule has 2 aliphatic rings. The van der Waals surface area contributed by atoms with Crippen LogP contribution in [0.15, 0.2) is 59.7 Å². The zero-order valence-electron chi connectivity index (χ0n) is 19.0. The highest BCUT2D eigenvalue weighted by molar-refractivity contribution is 6.16. The number of hydrogen-bond donors (Lipinski definition) is 0. The van der Waals surface area contributed by atoms with Crippen molar-refractivity contribution in [1.29, 1.82) is 0 Å². The smallest absolute Gasteiger partial charge is 0.327 e. The fraction of sp³-hybridized carbons (Fsp3) is 0.407. The van der Waals surface area contributed by atoms with Gasteiger partial charge < -0.3 is 4.74 Å². The van der Waals surface area contributed by atoms with Crippen molar-refractivity contribution in [1.82, 2.24) is 5.01 Å². The summed E-state index contributed by atoms with van der Waals surface area (Å²) < 4.78 is 5.09. The fourth-order valence-electron chi connectivity index (χ4n) is 4.79. The Morgan fingerprint density at radius 3 is 2.42 bits per heavy atom. The number of ketones is 1. The van der Waals surface area contributed by atoms with E-state index in [1.807, 2.05) is 54.6 Å². The second-order valence-corrected chi connectivity index (χ2v) is 8.66. The molecule has 1 aliphatic carbocycles. The van der Waals surface area contributed by atoms with Gasteiger partial charge in [0, 0.05) is 23.5 Å². The summed E-state index contributed by atoms with van der Waals surface area (Å²) in [6, 6.07) is 17.2. The summed E-state index contributed by atoms with van der Waals surface area (Å²) in [6.45, 7) is 1.66. The number of carbonyl (C=O) groups excluding carboxylic acids is 3. The predicted molar refractivity (Wildman–Crippen MR) is 126 cm³/mol. The molecular formula is C27H30N2O4. The summed E-state index contributed by atoms with van der Waals surface area (Å²) in [7, 11) is 0.